The number of hydrogen-bond donors (Lipinski definition) is 2. The topological polar surface area (TPSA) is 77.3 Å². The molecular formula is C6H10N4S. The van der Waals surface area contributed by atoms with Gasteiger partial charge in [-0.3, -0.25) is 0 Å². The second-order valence-corrected chi connectivity index (χ2v) is 3.04. The van der Waals surface area contributed by atoms with Crippen molar-refractivity contribution in [1.29, 1.82) is 0 Å². The number of nitrogens with zero attached hydrogens (tertiary/aromatic N) is 2. The minimum Gasteiger partial charge on any atom is -0.370 e. The molecule has 1 heterocycles. The lowest BCUT2D eigenvalue weighted by Crippen LogP contribution is -2.22. The van der Waals surface area contributed by atoms with Crippen LogP contribution in [0.4, 0.5) is 0 Å². The molecule has 0 radical (unpaired) electrons. The van der Waals surface area contributed by atoms with E-state index in [-0.39, 0.29) is 5.96 Å². The molecular weight excluding hydrogens is 160 g/mol. The minimum absolute atomic E-state index is 0.123. The zero-order valence-corrected chi connectivity index (χ0v) is 7.06. The quantitative estimate of drug-likeness (QED) is 0.492. The summed E-state index contributed by atoms with van der Waals surface area (Å²) in [5.41, 5.74) is 13.1. The van der Waals surface area contributed by atoms with Crippen LogP contribution in [0.25, 0.3) is 0 Å². The molecule has 0 amide bonds. The van der Waals surface area contributed by atoms with Gasteiger partial charge in [-0.25, -0.2) is 9.98 Å². The molecule has 60 valence electrons. The fraction of sp³-hybridized carbons (Fsp3) is 0.333. The number of rotatable bonds is 2. The normalized spacial score (nSPS) is 9.55. The highest BCUT2D eigenvalue weighted by Gasteiger charge is 1.98. The summed E-state index contributed by atoms with van der Waals surface area (Å²) in [5.74, 6) is 0.123. The van der Waals surface area contributed by atoms with Crippen molar-refractivity contribution in [2.24, 2.45) is 16.5 Å². The van der Waals surface area contributed by atoms with E-state index >= 15 is 0 Å². The van der Waals surface area contributed by atoms with Crippen molar-refractivity contribution in [3.8, 4) is 0 Å². The third-order valence-corrected chi connectivity index (χ3v) is 2.17. The Hall–Kier alpha value is -1.10. The fourth-order valence-corrected chi connectivity index (χ4v) is 1.34. The molecule has 0 unspecified atom stereocenters. The van der Waals surface area contributed by atoms with Gasteiger partial charge in [-0.15, -0.1) is 11.3 Å². The van der Waals surface area contributed by atoms with E-state index in [0.717, 1.165) is 10.6 Å². The first-order valence-corrected chi connectivity index (χ1v) is 4.02. The Morgan fingerprint density at radius 3 is 2.91 bits per heavy atom. The van der Waals surface area contributed by atoms with Gasteiger partial charge in [-0.05, 0) is 6.92 Å². The van der Waals surface area contributed by atoms with Crippen LogP contribution in [0.3, 0.4) is 0 Å². The summed E-state index contributed by atoms with van der Waals surface area (Å²) in [7, 11) is 0. The number of nitrogens with two attached hydrogens (primary N) is 2. The van der Waals surface area contributed by atoms with E-state index in [2.05, 4.69) is 9.98 Å². The number of hydrogen-bond acceptors (Lipinski definition) is 3. The molecule has 0 bridgehead atoms. The number of aliphatic imine (C=N–C) groups is 1. The highest BCUT2D eigenvalue weighted by molar-refractivity contribution is 7.09. The summed E-state index contributed by atoms with van der Waals surface area (Å²) in [6.07, 6.45) is 0. The van der Waals surface area contributed by atoms with E-state index in [1.165, 1.54) is 0 Å². The molecule has 5 heteroatoms. The largest absolute Gasteiger partial charge is 0.370 e. The maximum absolute atomic E-state index is 5.17. The number of aryl methyl sites for hydroxylation is 1. The minimum atomic E-state index is 0.123. The molecule has 0 aromatic carbocycles. The van der Waals surface area contributed by atoms with Crippen molar-refractivity contribution in [3.63, 3.8) is 0 Å². The maximum atomic E-state index is 5.17. The van der Waals surface area contributed by atoms with Gasteiger partial charge in [0.25, 0.3) is 0 Å². The number of aromatic nitrogens is 1. The van der Waals surface area contributed by atoms with Gasteiger partial charge in [0, 0.05) is 4.88 Å². The van der Waals surface area contributed by atoms with E-state index in [1.54, 1.807) is 16.8 Å². The van der Waals surface area contributed by atoms with Gasteiger partial charge in [0.05, 0.1) is 17.7 Å². The first-order chi connectivity index (χ1) is 5.20. The first kappa shape index (κ1) is 8.00. The Morgan fingerprint density at radius 1 is 1.73 bits per heavy atom. The van der Waals surface area contributed by atoms with E-state index in [9.17, 15) is 0 Å². The van der Waals surface area contributed by atoms with Crippen LogP contribution in [0.1, 0.15) is 10.6 Å². The molecule has 0 aliphatic carbocycles. The summed E-state index contributed by atoms with van der Waals surface area (Å²) >= 11 is 1.56. The van der Waals surface area contributed by atoms with Gasteiger partial charge in [0.15, 0.2) is 5.96 Å². The summed E-state index contributed by atoms with van der Waals surface area (Å²) in [5, 5.41) is 0. The molecule has 1 aromatic rings. The van der Waals surface area contributed by atoms with E-state index in [1.807, 2.05) is 6.92 Å². The SMILES string of the molecule is Cc1ncsc1CN=C(N)N. The van der Waals surface area contributed by atoms with Crippen LogP contribution in [-0.4, -0.2) is 10.9 Å². The van der Waals surface area contributed by atoms with Gasteiger partial charge in [0.1, 0.15) is 0 Å². The lowest BCUT2D eigenvalue weighted by molar-refractivity contribution is 1.05. The lowest BCUT2D eigenvalue weighted by Gasteiger charge is -1.92. The molecule has 0 saturated heterocycles. The third-order valence-electron chi connectivity index (χ3n) is 1.25. The second kappa shape index (κ2) is 3.34. The van der Waals surface area contributed by atoms with E-state index in [4.69, 9.17) is 11.5 Å². The van der Waals surface area contributed by atoms with E-state index in [0.29, 0.717) is 6.54 Å². The van der Waals surface area contributed by atoms with Crippen LogP contribution >= 0.6 is 11.3 Å². The van der Waals surface area contributed by atoms with Gasteiger partial charge in [0.2, 0.25) is 0 Å². The summed E-state index contributed by atoms with van der Waals surface area (Å²) in [6, 6.07) is 0. The van der Waals surface area contributed by atoms with Gasteiger partial charge in [-0.2, -0.15) is 0 Å². The second-order valence-electron chi connectivity index (χ2n) is 2.10. The zero-order chi connectivity index (χ0) is 8.27. The average Bonchev–Trinajstić information content (AvgIpc) is 2.31. The molecule has 0 spiro atoms. The molecule has 0 atom stereocenters. The maximum Gasteiger partial charge on any atom is 0.186 e. The molecule has 0 fully saturated rings. The van der Waals surface area contributed by atoms with Crippen LogP contribution in [0.15, 0.2) is 10.5 Å². The van der Waals surface area contributed by atoms with Gasteiger partial charge >= 0.3 is 0 Å². The predicted molar refractivity (Wildman–Crippen MR) is 46.4 cm³/mol. The van der Waals surface area contributed by atoms with Crippen molar-refractivity contribution < 1.29 is 0 Å². The number of thiazole rings is 1. The molecule has 4 N–H and O–H groups in total. The first-order valence-electron chi connectivity index (χ1n) is 3.14. The molecule has 0 aliphatic rings. The standard InChI is InChI=1S/C6H10N4S/c1-4-5(11-3-10-4)2-9-6(7)8/h3H,2H2,1H3,(H4,7,8,9). The van der Waals surface area contributed by atoms with Crippen LogP contribution in [0.5, 0.6) is 0 Å². The van der Waals surface area contributed by atoms with Crippen molar-refractivity contribution >= 4 is 17.3 Å². The smallest absolute Gasteiger partial charge is 0.186 e. The highest BCUT2D eigenvalue weighted by Crippen LogP contribution is 2.12. The Morgan fingerprint density at radius 2 is 2.45 bits per heavy atom. The van der Waals surface area contributed by atoms with Gasteiger partial charge < -0.3 is 11.5 Å². The van der Waals surface area contributed by atoms with Crippen LogP contribution in [0.2, 0.25) is 0 Å². The summed E-state index contributed by atoms with van der Waals surface area (Å²) < 4.78 is 0. The Kier molecular flexibility index (Phi) is 2.43. The molecule has 4 nitrogen and oxygen atoms in total. The molecule has 1 rings (SSSR count). The van der Waals surface area contributed by atoms with Gasteiger partial charge in [-0.1, -0.05) is 0 Å². The molecule has 0 saturated carbocycles. The van der Waals surface area contributed by atoms with Crippen LogP contribution < -0.4 is 11.5 Å². The van der Waals surface area contributed by atoms with Crippen molar-refractivity contribution in [2.75, 3.05) is 0 Å². The number of guanidine groups is 1. The predicted octanol–water partition coefficient (Wildman–Crippen LogP) is 0.225. The fourth-order valence-electron chi connectivity index (χ4n) is 0.641. The third kappa shape index (κ3) is 2.19. The Labute approximate surface area is 69.0 Å². The monoisotopic (exact) mass is 170 g/mol. The van der Waals surface area contributed by atoms with E-state index < -0.39 is 0 Å². The van der Waals surface area contributed by atoms with Crippen LogP contribution in [0, 0.1) is 6.92 Å². The Bertz CT molecular complexity index is 261. The average molecular weight is 170 g/mol. The van der Waals surface area contributed by atoms with Crippen molar-refractivity contribution in [3.05, 3.63) is 16.1 Å². The molecule has 1 aromatic heterocycles. The Balaban J connectivity index is 2.65. The summed E-state index contributed by atoms with van der Waals surface area (Å²) in [4.78, 5) is 9.04. The van der Waals surface area contributed by atoms with Crippen molar-refractivity contribution in [2.45, 2.75) is 13.5 Å². The van der Waals surface area contributed by atoms with Crippen LogP contribution in [-0.2, 0) is 6.54 Å². The molecule has 0 aliphatic heterocycles. The zero-order valence-electron chi connectivity index (χ0n) is 6.24. The highest BCUT2D eigenvalue weighted by atomic mass is 32.1. The summed E-state index contributed by atoms with van der Waals surface area (Å²) in [6.45, 7) is 2.48. The molecule has 11 heavy (non-hydrogen) atoms. The van der Waals surface area contributed by atoms with Crippen molar-refractivity contribution in [1.82, 2.24) is 4.98 Å². The lowest BCUT2D eigenvalue weighted by atomic mass is 10.4.